The van der Waals surface area contributed by atoms with Gasteiger partial charge in [0.15, 0.2) is 0 Å². The van der Waals surface area contributed by atoms with Crippen LogP contribution < -0.4 is 10.1 Å². The maximum absolute atomic E-state index is 11.9. The molecule has 19 heavy (non-hydrogen) atoms. The van der Waals surface area contributed by atoms with E-state index in [-0.39, 0.29) is 12.3 Å². The van der Waals surface area contributed by atoms with Crippen molar-refractivity contribution in [3.05, 3.63) is 6.33 Å². The van der Waals surface area contributed by atoms with Crippen LogP contribution in [0.4, 0.5) is 5.69 Å². The van der Waals surface area contributed by atoms with Gasteiger partial charge in [0.25, 0.3) is 0 Å². The Hall–Kier alpha value is -1.83. The van der Waals surface area contributed by atoms with Gasteiger partial charge in [0.2, 0.25) is 11.8 Å². The van der Waals surface area contributed by atoms with Crippen molar-refractivity contribution in [3.8, 4) is 5.88 Å². The minimum absolute atomic E-state index is 0.0100. The van der Waals surface area contributed by atoms with Crippen molar-refractivity contribution in [2.75, 3.05) is 19.0 Å². The molecule has 2 heterocycles. The smallest absolute Gasteiger partial charge is 0.307 e. The summed E-state index contributed by atoms with van der Waals surface area (Å²) >= 11 is 1.20. The fraction of sp³-hybridized carbons (Fsp3) is 0.455. The first-order valence-electron chi connectivity index (χ1n) is 5.67. The first kappa shape index (κ1) is 13.6. The molecule has 0 saturated carbocycles. The molecule has 1 unspecified atom stereocenters. The molecule has 1 aliphatic heterocycles. The number of thioether (sulfide) groups is 1. The number of nitrogens with zero attached hydrogens (tertiary/aromatic N) is 2. The van der Waals surface area contributed by atoms with Crippen molar-refractivity contribution in [2.24, 2.45) is 0 Å². The van der Waals surface area contributed by atoms with Crippen LogP contribution in [0.1, 0.15) is 13.3 Å². The summed E-state index contributed by atoms with van der Waals surface area (Å²) in [6.45, 7) is 2.02. The number of amides is 1. The van der Waals surface area contributed by atoms with Gasteiger partial charge < -0.3 is 14.8 Å². The lowest BCUT2D eigenvalue weighted by molar-refractivity contribution is -0.143. The van der Waals surface area contributed by atoms with E-state index in [1.807, 2.05) is 0 Å². The van der Waals surface area contributed by atoms with Gasteiger partial charge in [0.1, 0.15) is 22.3 Å². The molecule has 1 atom stereocenters. The van der Waals surface area contributed by atoms with Crippen molar-refractivity contribution in [1.29, 1.82) is 0 Å². The highest BCUT2D eigenvalue weighted by Crippen LogP contribution is 2.39. The molecule has 0 saturated heterocycles. The molecule has 2 rings (SSSR count). The number of nitrogens with one attached hydrogen (secondary N) is 1. The second kappa shape index (κ2) is 5.87. The van der Waals surface area contributed by atoms with Gasteiger partial charge in [0.05, 0.1) is 20.1 Å². The van der Waals surface area contributed by atoms with Crippen LogP contribution in [0.5, 0.6) is 5.88 Å². The Balaban J connectivity index is 2.16. The highest BCUT2D eigenvalue weighted by atomic mass is 32.2. The predicted molar refractivity (Wildman–Crippen MR) is 68.1 cm³/mol. The first-order chi connectivity index (χ1) is 9.15. The van der Waals surface area contributed by atoms with Crippen molar-refractivity contribution in [3.63, 3.8) is 0 Å². The van der Waals surface area contributed by atoms with Crippen LogP contribution in [0.25, 0.3) is 0 Å². The summed E-state index contributed by atoms with van der Waals surface area (Å²) in [4.78, 5) is 31.3. The standard InChI is InChI=1S/C11H13N3O4S/c1-3-18-7(15)4-6-9(16)14-8-10(17-2)12-5-13-11(8)19-6/h5-6H,3-4H2,1-2H3,(H,14,16). The summed E-state index contributed by atoms with van der Waals surface area (Å²) in [5, 5.41) is 2.69. The van der Waals surface area contributed by atoms with Crippen LogP contribution in [0, 0.1) is 0 Å². The number of hydrogen-bond donors (Lipinski definition) is 1. The van der Waals surface area contributed by atoms with Crippen molar-refractivity contribution in [1.82, 2.24) is 9.97 Å². The van der Waals surface area contributed by atoms with Crippen LogP contribution >= 0.6 is 11.8 Å². The van der Waals surface area contributed by atoms with Gasteiger partial charge in [-0.05, 0) is 6.92 Å². The molecule has 8 heteroatoms. The average Bonchev–Trinajstić information content (AvgIpc) is 2.39. The Morgan fingerprint density at radius 3 is 3.00 bits per heavy atom. The highest BCUT2D eigenvalue weighted by molar-refractivity contribution is 8.00. The van der Waals surface area contributed by atoms with E-state index < -0.39 is 11.2 Å². The second-order valence-electron chi connectivity index (χ2n) is 3.67. The Kier molecular flexibility index (Phi) is 4.20. The largest absolute Gasteiger partial charge is 0.479 e. The van der Waals surface area contributed by atoms with E-state index in [2.05, 4.69) is 15.3 Å². The Bertz CT molecular complexity index is 509. The molecule has 0 radical (unpaired) electrons. The van der Waals surface area contributed by atoms with Crippen LogP contribution in [-0.4, -0.2) is 40.8 Å². The molecule has 1 amide bonds. The van der Waals surface area contributed by atoms with Gasteiger partial charge in [-0.2, -0.15) is 4.98 Å². The lowest BCUT2D eigenvalue weighted by Crippen LogP contribution is -2.32. The minimum Gasteiger partial charge on any atom is -0.479 e. The van der Waals surface area contributed by atoms with E-state index in [1.54, 1.807) is 6.92 Å². The quantitative estimate of drug-likeness (QED) is 0.647. The number of ether oxygens (including phenoxy) is 2. The molecule has 0 aromatic carbocycles. The van der Waals surface area contributed by atoms with Crippen LogP contribution in [0.15, 0.2) is 11.4 Å². The van der Waals surface area contributed by atoms with Gasteiger partial charge in [-0.3, -0.25) is 9.59 Å². The van der Waals surface area contributed by atoms with Gasteiger partial charge in [-0.25, -0.2) is 4.98 Å². The van der Waals surface area contributed by atoms with Crippen LogP contribution in [0.3, 0.4) is 0 Å². The van der Waals surface area contributed by atoms with Gasteiger partial charge in [-0.1, -0.05) is 11.8 Å². The maximum Gasteiger partial charge on any atom is 0.307 e. The number of methoxy groups -OCH3 is 1. The summed E-state index contributed by atoms with van der Waals surface area (Å²) in [6.07, 6.45) is 1.36. The van der Waals surface area contributed by atoms with E-state index in [0.29, 0.717) is 23.2 Å². The number of carbonyl (C=O) groups is 2. The fourth-order valence-corrected chi connectivity index (χ4v) is 2.62. The maximum atomic E-state index is 11.9. The number of hydrogen-bond acceptors (Lipinski definition) is 7. The fourth-order valence-electron chi connectivity index (χ4n) is 1.60. The van der Waals surface area contributed by atoms with E-state index in [1.165, 1.54) is 25.2 Å². The third kappa shape index (κ3) is 2.95. The SMILES string of the molecule is CCOC(=O)CC1Sc2ncnc(OC)c2NC1=O. The molecule has 1 aromatic heterocycles. The molecule has 1 aromatic rings. The zero-order chi connectivity index (χ0) is 13.8. The predicted octanol–water partition coefficient (Wildman–Crippen LogP) is 0.851. The summed E-state index contributed by atoms with van der Waals surface area (Å²) in [5.41, 5.74) is 0.445. The van der Waals surface area contributed by atoms with Crippen molar-refractivity contribution in [2.45, 2.75) is 23.6 Å². The normalized spacial score (nSPS) is 17.4. The third-order valence-corrected chi connectivity index (χ3v) is 3.62. The molecule has 0 spiro atoms. The molecule has 1 aliphatic rings. The summed E-state index contributed by atoms with van der Waals surface area (Å²) < 4.78 is 9.88. The number of rotatable bonds is 4. The summed E-state index contributed by atoms with van der Waals surface area (Å²) in [7, 11) is 1.46. The first-order valence-corrected chi connectivity index (χ1v) is 6.55. The average molecular weight is 283 g/mol. The highest BCUT2D eigenvalue weighted by Gasteiger charge is 2.32. The van der Waals surface area contributed by atoms with E-state index in [9.17, 15) is 9.59 Å². The van der Waals surface area contributed by atoms with Gasteiger partial charge in [-0.15, -0.1) is 0 Å². The lowest BCUT2D eigenvalue weighted by atomic mass is 10.2. The minimum atomic E-state index is -0.550. The molecular weight excluding hydrogens is 270 g/mol. The van der Waals surface area contributed by atoms with Gasteiger partial charge in [0, 0.05) is 0 Å². The number of carbonyl (C=O) groups excluding carboxylic acids is 2. The van der Waals surface area contributed by atoms with Crippen molar-refractivity contribution >= 4 is 29.3 Å². The Morgan fingerprint density at radius 2 is 2.32 bits per heavy atom. The number of esters is 1. The van der Waals surface area contributed by atoms with Gasteiger partial charge >= 0.3 is 5.97 Å². The molecule has 0 bridgehead atoms. The molecule has 0 aliphatic carbocycles. The Labute approximate surface area is 114 Å². The lowest BCUT2D eigenvalue weighted by Gasteiger charge is -2.23. The van der Waals surface area contributed by atoms with Crippen LogP contribution in [-0.2, 0) is 14.3 Å². The van der Waals surface area contributed by atoms with E-state index >= 15 is 0 Å². The molecular formula is C11H13N3O4S. The monoisotopic (exact) mass is 283 g/mol. The molecule has 0 fully saturated rings. The van der Waals surface area contributed by atoms with E-state index in [0.717, 1.165) is 0 Å². The van der Waals surface area contributed by atoms with E-state index in [4.69, 9.17) is 9.47 Å². The zero-order valence-electron chi connectivity index (χ0n) is 10.5. The topological polar surface area (TPSA) is 90.4 Å². The molecule has 102 valence electrons. The zero-order valence-corrected chi connectivity index (χ0v) is 11.3. The number of anilines is 1. The summed E-state index contributed by atoms with van der Waals surface area (Å²) in [5.74, 6) is -0.376. The molecule has 7 nitrogen and oxygen atoms in total. The molecule has 1 N–H and O–H groups in total. The van der Waals surface area contributed by atoms with Crippen LogP contribution in [0.2, 0.25) is 0 Å². The number of fused-ring (bicyclic) bond motifs is 1. The van der Waals surface area contributed by atoms with Crippen molar-refractivity contribution < 1.29 is 19.1 Å². The summed E-state index contributed by atoms with van der Waals surface area (Å²) in [6, 6.07) is 0. The Morgan fingerprint density at radius 1 is 1.53 bits per heavy atom. The number of aromatic nitrogens is 2. The third-order valence-electron chi connectivity index (χ3n) is 2.42. The second-order valence-corrected chi connectivity index (χ2v) is 4.86.